The fraction of sp³-hybridized carbons (Fsp3) is 0.300. The maximum atomic E-state index is 14.1. The lowest BCUT2D eigenvalue weighted by Crippen LogP contribution is -2.70. The Morgan fingerprint density at radius 3 is 2.39 bits per heavy atom. The van der Waals surface area contributed by atoms with Crippen LogP contribution in [0.3, 0.4) is 0 Å². The van der Waals surface area contributed by atoms with Gasteiger partial charge in [-0.1, -0.05) is 31.2 Å². The molecule has 0 aliphatic heterocycles. The molecule has 41 heavy (non-hydrogen) atoms. The summed E-state index contributed by atoms with van der Waals surface area (Å²) in [5.74, 6) is -9.03. The van der Waals surface area contributed by atoms with Gasteiger partial charge >= 0.3 is 0 Å². The van der Waals surface area contributed by atoms with Crippen molar-refractivity contribution < 1.29 is 39.9 Å². The van der Waals surface area contributed by atoms with Crippen molar-refractivity contribution in [2.45, 2.75) is 30.6 Å². The summed E-state index contributed by atoms with van der Waals surface area (Å²) in [6, 6.07) is 11.6. The zero-order valence-electron chi connectivity index (χ0n) is 22.3. The van der Waals surface area contributed by atoms with Gasteiger partial charge < -0.3 is 31.3 Å². The third kappa shape index (κ3) is 3.43. The van der Waals surface area contributed by atoms with Crippen LogP contribution < -0.4 is 5.73 Å². The Balaban J connectivity index is 1.59. The van der Waals surface area contributed by atoms with Gasteiger partial charge in [-0.3, -0.25) is 19.3 Å². The Hall–Kier alpha value is -4.03. The molecule has 3 aromatic rings. The smallest absolute Gasteiger partial charge is 0.255 e. The first kappa shape index (κ1) is 27.2. The average Bonchev–Trinajstić information content (AvgIpc) is 3.34. The van der Waals surface area contributed by atoms with E-state index >= 15 is 0 Å². The minimum atomic E-state index is -2.94. The van der Waals surface area contributed by atoms with Crippen molar-refractivity contribution in [3.8, 4) is 16.2 Å². The number of aliphatic hydroxyl groups excluding tert-OH is 3. The number of Topliss-reactive ketones (excluding diaryl/α,β-unsaturated/α-hetero) is 2. The van der Waals surface area contributed by atoms with Crippen molar-refractivity contribution in [2.75, 3.05) is 14.1 Å². The third-order valence-electron chi connectivity index (χ3n) is 8.82. The Bertz CT molecular complexity index is 1720. The molecule has 1 aromatic heterocycles. The lowest BCUT2D eigenvalue weighted by molar-refractivity contribution is -0.169. The van der Waals surface area contributed by atoms with E-state index in [4.69, 9.17) is 5.73 Å². The summed E-state index contributed by atoms with van der Waals surface area (Å²) in [6.07, 6.45) is -1.63. The van der Waals surface area contributed by atoms with Crippen molar-refractivity contribution in [3.63, 3.8) is 0 Å². The number of hydrogen-bond acceptors (Lipinski definition) is 10. The van der Waals surface area contributed by atoms with Crippen LogP contribution >= 0.6 is 11.3 Å². The molecular weight excluding hydrogens is 548 g/mol. The highest BCUT2D eigenvalue weighted by Crippen LogP contribution is 2.57. The number of phenolic OH excluding ortho intramolecular Hbond substituents is 1. The number of hydrogen-bond donors (Lipinski definition) is 6. The van der Waals surface area contributed by atoms with Crippen LogP contribution in [0.4, 0.5) is 0 Å². The van der Waals surface area contributed by atoms with Crippen LogP contribution in [0.2, 0.25) is 0 Å². The maximum absolute atomic E-state index is 14.1. The van der Waals surface area contributed by atoms with Crippen molar-refractivity contribution in [3.05, 3.63) is 70.5 Å². The van der Waals surface area contributed by atoms with Crippen LogP contribution in [0.15, 0.2) is 59.4 Å². The predicted octanol–water partition coefficient (Wildman–Crippen LogP) is 2.38. The Morgan fingerprint density at radius 1 is 1.07 bits per heavy atom. The number of ketones is 2. The largest absolute Gasteiger partial charge is 0.508 e. The van der Waals surface area contributed by atoms with Crippen LogP contribution in [-0.2, 0) is 14.4 Å². The van der Waals surface area contributed by atoms with Gasteiger partial charge in [0, 0.05) is 26.6 Å². The monoisotopic (exact) mass is 576 g/mol. The van der Waals surface area contributed by atoms with E-state index in [0.29, 0.717) is 11.1 Å². The highest BCUT2D eigenvalue weighted by atomic mass is 32.1. The quantitative estimate of drug-likeness (QED) is 0.255. The highest BCUT2D eigenvalue weighted by Gasteiger charge is 2.68. The second-order valence-electron chi connectivity index (χ2n) is 11.1. The van der Waals surface area contributed by atoms with E-state index < -0.39 is 75.6 Å². The minimum absolute atomic E-state index is 0.0315. The number of rotatable bonds is 3. The molecule has 7 N–H and O–H groups in total. The fourth-order valence-corrected chi connectivity index (χ4v) is 8.02. The lowest BCUT2D eigenvalue weighted by atomic mass is 9.54. The van der Waals surface area contributed by atoms with Crippen LogP contribution in [0.25, 0.3) is 26.3 Å². The molecule has 0 saturated heterocycles. The van der Waals surface area contributed by atoms with E-state index in [-0.39, 0.29) is 11.3 Å². The molecule has 11 heteroatoms. The van der Waals surface area contributed by atoms with Gasteiger partial charge in [0.1, 0.15) is 22.8 Å². The van der Waals surface area contributed by atoms with E-state index in [1.165, 1.54) is 30.3 Å². The molecule has 0 unspecified atom stereocenters. The number of likely N-dealkylation sites (N-methyl/N-ethyl adjacent to an activating group) is 1. The van der Waals surface area contributed by atoms with Gasteiger partial charge in [-0.25, -0.2) is 0 Å². The summed E-state index contributed by atoms with van der Waals surface area (Å²) < 4.78 is 0.990. The first-order chi connectivity index (χ1) is 19.3. The number of thiophene rings is 1. The number of nitrogens with zero attached hydrogens (tertiary/aromatic N) is 1. The van der Waals surface area contributed by atoms with Crippen molar-refractivity contribution in [1.29, 1.82) is 0 Å². The predicted molar refractivity (Wildman–Crippen MR) is 151 cm³/mol. The first-order valence-electron chi connectivity index (χ1n) is 13.0. The topological polar surface area (TPSA) is 182 Å². The van der Waals surface area contributed by atoms with Crippen molar-refractivity contribution >= 4 is 44.7 Å². The summed E-state index contributed by atoms with van der Waals surface area (Å²) in [6.45, 7) is 1.70. The SMILES string of the molecule is C[C@H]1c2ccc(-c3cc4ccccc4s3)c(O)c2C(O)=C2C(=O)[C@]3(O)C(O)=C(C(N)=O)C(=O)[C@@H](N(C)C)[C@@H]3[C@@H](O)[C@@H]21. The molecule has 212 valence electrons. The first-order valence-corrected chi connectivity index (χ1v) is 13.8. The number of primary amides is 1. The molecule has 1 saturated carbocycles. The average molecular weight is 577 g/mol. The van der Waals surface area contributed by atoms with Gasteiger partial charge in [-0.2, -0.15) is 0 Å². The zero-order chi connectivity index (χ0) is 29.7. The number of aromatic hydroxyl groups is 1. The van der Waals surface area contributed by atoms with E-state index in [9.17, 15) is 39.9 Å². The van der Waals surface area contributed by atoms with Gasteiger partial charge in [0.2, 0.25) is 5.78 Å². The summed E-state index contributed by atoms with van der Waals surface area (Å²) in [5.41, 5.74) is 1.90. The van der Waals surface area contributed by atoms with Crippen LogP contribution in [-0.4, -0.2) is 79.7 Å². The molecule has 6 atom stereocenters. The molecule has 1 heterocycles. The summed E-state index contributed by atoms with van der Waals surface area (Å²) >= 11 is 1.44. The molecule has 0 bridgehead atoms. The molecule has 1 amide bonds. The second-order valence-corrected chi connectivity index (χ2v) is 12.2. The normalized spacial score (nSPS) is 29.6. The summed E-state index contributed by atoms with van der Waals surface area (Å²) in [7, 11) is 2.94. The van der Waals surface area contributed by atoms with Gasteiger partial charge in [0.05, 0.1) is 23.6 Å². The number of fused-ring (bicyclic) bond motifs is 4. The lowest BCUT2D eigenvalue weighted by Gasteiger charge is -2.53. The number of aliphatic hydroxyl groups is 4. The van der Waals surface area contributed by atoms with Crippen LogP contribution in [0.5, 0.6) is 5.75 Å². The van der Waals surface area contributed by atoms with Crippen LogP contribution in [0.1, 0.15) is 24.0 Å². The Labute approximate surface area is 238 Å². The van der Waals surface area contributed by atoms with Gasteiger partial charge in [0.25, 0.3) is 5.91 Å². The molecule has 0 radical (unpaired) electrons. The molecule has 1 fully saturated rings. The maximum Gasteiger partial charge on any atom is 0.255 e. The van der Waals surface area contributed by atoms with Crippen molar-refractivity contribution in [2.24, 2.45) is 17.6 Å². The summed E-state index contributed by atoms with van der Waals surface area (Å²) in [4.78, 5) is 41.6. The molecule has 0 spiro atoms. The van der Waals surface area contributed by atoms with E-state index in [2.05, 4.69) is 0 Å². The highest BCUT2D eigenvalue weighted by molar-refractivity contribution is 7.22. The van der Waals surface area contributed by atoms with Gasteiger partial charge in [-0.05, 0) is 49.2 Å². The zero-order valence-corrected chi connectivity index (χ0v) is 23.1. The van der Waals surface area contributed by atoms with Crippen molar-refractivity contribution in [1.82, 2.24) is 4.90 Å². The van der Waals surface area contributed by atoms with E-state index in [1.54, 1.807) is 19.1 Å². The van der Waals surface area contributed by atoms with E-state index in [1.807, 2.05) is 30.3 Å². The molecule has 3 aliphatic carbocycles. The van der Waals surface area contributed by atoms with Crippen LogP contribution in [0, 0.1) is 11.8 Å². The number of carbonyl (C=O) groups is 3. The molecule has 10 nitrogen and oxygen atoms in total. The number of carbonyl (C=O) groups excluding carboxylic acids is 3. The summed E-state index contributed by atoms with van der Waals surface area (Å²) in [5, 5.41) is 58.5. The molecule has 2 aromatic carbocycles. The molecule has 3 aliphatic rings. The third-order valence-corrected chi connectivity index (χ3v) is 9.97. The van der Waals surface area contributed by atoms with Gasteiger partial charge in [-0.15, -0.1) is 11.3 Å². The molecule has 6 rings (SSSR count). The van der Waals surface area contributed by atoms with Gasteiger partial charge in [0.15, 0.2) is 11.4 Å². The Morgan fingerprint density at radius 2 is 1.76 bits per heavy atom. The molecular formula is C30H28N2O8S. The standard InChI is InChI=1S/C30H28N2O8S/c1-11-13-8-9-14(16-10-12-6-4-5-7-15(12)41-16)23(33)18(13)24(34)19-17(11)25(35)21-22(32(2)3)26(36)20(29(31)39)28(38)30(21,40)27(19)37/h4-11,17,21-22,25,33-35,38,40H,1-3H3,(H2,31,39)/t11-,17+,21+,22-,25-,30-/m0/s1. The second kappa shape index (κ2) is 8.98. The Kier molecular flexibility index (Phi) is 5.95. The number of benzene rings is 2. The number of amides is 1. The fourth-order valence-electron chi connectivity index (χ4n) is 6.93. The minimum Gasteiger partial charge on any atom is -0.508 e. The van der Waals surface area contributed by atoms with E-state index in [0.717, 1.165) is 15.0 Å². The number of nitrogens with two attached hydrogens (primary N) is 1. The number of phenols is 1.